The SMILES string of the molecule is CCC1CC(N2CCC(N)C(C)C2)CCO1. The first-order chi connectivity index (χ1) is 7.70. The Morgan fingerprint density at radius 2 is 2.19 bits per heavy atom. The quantitative estimate of drug-likeness (QED) is 0.777. The van der Waals surface area contributed by atoms with E-state index in [1.165, 1.54) is 25.9 Å². The molecular weight excluding hydrogens is 200 g/mol. The Morgan fingerprint density at radius 3 is 2.88 bits per heavy atom. The smallest absolute Gasteiger partial charge is 0.0587 e. The molecule has 2 aliphatic rings. The molecule has 0 aromatic rings. The monoisotopic (exact) mass is 226 g/mol. The van der Waals surface area contributed by atoms with Gasteiger partial charge in [0.2, 0.25) is 0 Å². The van der Waals surface area contributed by atoms with Crippen molar-refractivity contribution >= 4 is 0 Å². The maximum Gasteiger partial charge on any atom is 0.0587 e. The minimum atomic E-state index is 0.415. The van der Waals surface area contributed by atoms with Crippen LogP contribution in [-0.4, -0.2) is 42.8 Å². The number of ether oxygens (including phenoxy) is 1. The Hall–Kier alpha value is -0.120. The molecule has 0 bridgehead atoms. The highest BCUT2D eigenvalue weighted by molar-refractivity contribution is 4.86. The molecule has 2 rings (SSSR count). The number of nitrogens with zero attached hydrogens (tertiary/aromatic N) is 1. The highest BCUT2D eigenvalue weighted by Gasteiger charge is 2.31. The van der Waals surface area contributed by atoms with Crippen LogP contribution in [0.15, 0.2) is 0 Å². The van der Waals surface area contributed by atoms with Gasteiger partial charge in [0.05, 0.1) is 6.10 Å². The fourth-order valence-corrected chi connectivity index (χ4v) is 3.00. The summed E-state index contributed by atoms with van der Waals surface area (Å²) in [7, 11) is 0. The Balaban J connectivity index is 1.87. The molecule has 4 unspecified atom stereocenters. The third kappa shape index (κ3) is 2.76. The molecule has 94 valence electrons. The Kier molecular flexibility index (Phi) is 4.22. The zero-order chi connectivity index (χ0) is 11.5. The van der Waals surface area contributed by atoms with Gasteiger partial charge in [0.1, 0.15) is 0 Å². The molecule has 16 heavy (non-hydrogen) atoms. The lowest BCUT2D eigenvalue weighted by Crippen LogP contribution is -2.51. The van der Waals surface area contributed by atoms with Crippen LogP contribution in [0.3, 0.4) is 0 Å². The first-order valence-electron chi connectivity index (χ1n) is 6.82. The number of likely N-dealkylation sites (tertiary alicyclic amines) is 1. The first-order valence-corrected chi connectivity index (χ1v) is 6.82. The largest absolute Gasteiger partial charge is 0.378 e. The average Bonchev–Trinajstić information content (AvgIpc) is 2.33. The van der Waals surface area contributed by atoms with Gasteiger partial charge in [-0.1, -0.05) is 13.8 Å². The van der Waals surface area contributed by atoms with Crippen LogP contribution in [0.25, 0.3) is 0 Å². The van der Waals surface area contributed by atoms with E-state index in [1.54, 1.807) is 0 Å². The summed E-state index contributed by atoms with van der Waals surface area (Å²) in [5.41, 5.74) is 6.07. The second-order valence-electron chi connectivity index (χ2n) is 5.50. The summed E-state index contributed by atoms with van der Waals surface area (Å²) in [6.07, 6.45) is 5.23. The first kappa shape index (κ1) is 12.3. The highest BCUT2D eigenvalue weighted by Crippen LogP contribution is 2.25. The Labute approximate surface area is 99.3 Å². The Morgan fingerprint density at radius 1 is 1.38 bits per heavy atom. The van der Waals surface area contributed by atoms with Crippen LogP contribution in [0.2, 0.25) is 0 Å². The maximum atomic E-state index is 6.07. The highest BCUT2D eigenvalue weighted by atomic mass is 16.5. The van der Waals surface area contributed by atoms with Gasteiger partial charge in [0, 0.05) is 25.2 Å². The lowest BCUT2D eigenvalue weighted by Gasteiger charge is -2.43. The van der Waals surface area contributed by atoms with Crippen LogP contribution < -0.4 is 5.73 Å². The van der Waals surface area contributed by atoms with Crippen molar-refractivity contribution in [1.29, 1.82) is 0 Å². The zero-order valence-electron chi connectivity index (χ0n) is 10.7. The summed E-state index contributed by atoms with van der Waals surface area (Å²) in [6, 6.07) is 1.16. The minimum absolute atomic E-state index is 0.415. The van der Waals surface area contributed by atoms with Gasteiger partial charge in [0.15, 0.2) is 0 Å². The predicted octanol–water partition coefficient (Wildman–Crippen LogP) is 1.61. The van der Waals surface area contributed by atoms with E-state index >= 15 is 0 Å². The number of nitrogens with two attached hydrogens (primary N) is 1. The third-order valence-corrected chi connectivity index (χ3v) is 4.31. The normalized spacial score (nSPS) is 42.2. The van der Waals surface area contributed by atoms with E-state index in [0.29, 0.717) is 18.1 Å². The lowest BCUT2D eigenvalue weighted by molar-refractivity contribution is -0.0371. The molecule has 0 amide bonds. The van der Waals surface area contributed by atoms with Gasteiger partial charge in [-0.05, 0) is 38.1 Å². The predicted molar refractivity (Wildman–Crippen MR) is 66.4 cm³/mol. The van der Waals surface area contributed by atoms with Gasteiger partial charge in [-0.25, -0.2) is 0 Å². The van der Waals surface area contributed by atoms with Crippen molar-refractivity contribution in [2.45, 2.75) is 57.7 Å². The van der Waals surface area contributed by atoms with Gasteiger partial charge in [-0.3, -0.25) is 4.90 Å². The summed E-state index contributed by atoms with van der Waals surface area (Å²) in [4.78, 5) is 2.65. The van der Waals surface area contributed by atoms with Crippen LogP contribution in [0.1, 0.15) is 39.5 Å². The van der Waals surface area contributed by atoms with Crippen molar-refractivity contribution in [1.82, 2.24) is 4.90 Å². The van der Waals surface area contributed by atoms with E-state index in [4.69, 9.17) is 10.5 Å². The fraction of sp³-hybridized carbons (Fsp3) is 1.00. The molecule has 4 atom stereocenters. The number of hydrogen-bond acceptors (Lipinski definition) is 3. The van der Waals surface area contributed by atoms with E-state index in [9.17, 15) is 0 Å². The topological polar surface area (TPSA) is 38.5 Å². The van der Waals surface area contributed by atoms with Crippen molar-refractivity contribution in [3.05, 3.63) is 0 Å². The molecule has 0 radical (unpaired) electrons. The van der Waals surface area contributed by atoms with Crippen LogP contribution in [0.4, 0.5) is 0 Å². The van der Waals surface area contributed by atoms with Crippen molar-refractivity contribution in [3.63, 3.8) is 0 Å². The Bertz CT molecular complexity index is 218. The average molecular weight is 226 g/mol. The van der Waals surface area contributed by atoms with Gasteiger partial charge >= 0.3 is 0 Å². The van der Waals surface area contributed by atoms with Crippen LogP contribution in [-0.2, 0) is 4.74 Å². The van der Waals surface area contributed by atoms with Crippen LogP contribution >= 0.6 is 0 Å². The van der Waals surface area contributed by atoms with Gasteiger partial charge in [-0.2, -0.15) is 0 Å². The summed E-state index contributed by atoms with van der Waals surface area (Å²) in [5.74, 6) is 0.650. The number of rotatable bonds is 2. The minimum Gasteiger partial charge on any atom is -0.378 e. The molecule has 2 aliphatic heterocycles. The summed E-state index contributed by atoms with van der Waals surface area (Å²) >= 11 is 0. The van der Waals surface area contributed by atoms with E-state index in [-0.39, 0.29) is 0 Å². The van der Waals surface area contributed by atoms with E-state index in [1.807, 2.05) is 0 Å². The molecule has 0 aromatic heterocycles. The van der Waals surface area contributed by atoms with Crippen LogP contribution in [0, 0.1) is 5.92 Å². The fourth-order valence-electron chi connectivity index (χ4n) is 3.00. The molecule has 2 N–H and O–H groups in total. The molecule has 0 saturated carbocycles. The molecular formula is C13H26N2O. The molecule has 2 heterocycles. The van der Waals surface area contributed by atoms with E-state index < -0.39 is 0 Å². The van der Waals surface area contributed by atoms with Gasteiger partial charge < -0.3 is 10.5 Å². The van der Waals surface area contributed by atoms with E-state index in [0.717, 1.165) is 25.5 Å². The van der Waals surface area contributed by atoms with Crippen molar-refractivity contribution < 1.29 is 4.74 Å². The molecule has 0 aliphatic carbocycles. The summed E-state index contributed by atoms with van der Waals surface area (Å²) in [5, 5.41) is 0. The molecule has 0 spiro atoms. The van der Waals surface area contributed by atoms with Crippen LogP contribution in [0.5, 0.6) is 0 Å². The van der Waals surface area contributed by atoms with Crippen molar-refractivity contribution in [2.24, 2.45) is 11.7 Å². The zero-order valence-corrected chi connectivity index (χ0v) is 10.7. The summed E-state index contributed by atoms with van der Waals surface area (Å²) < 4.78 is 5.74. The standard InChI is InChI=1S/C13H26N2O/c1-3-12-8-11(5-7-16-12)15-6-4-13(14)10(2)9-15/h10-13H,3-9,14H2,1-2H3. The molecule has 2 fully saturated rings. The maximum absolute atomic E-state index is 6.07. The van der Waals surface area contributed by atoms with Gasteiger partial charge in [-0.15, -0.1) is 0 Å². The molecule has 3 heteroatoms. The second kappa shape index (κ2) is 5.48. The molecule has 3 nitrogen and oxygen atoms in total. The molecule has 0 aromatic carbocycles. The number of hydrogen-bond donors (Lipinski definition) is 1. The summed E-state index contributed by atoms with van der Waals surface area (Å²) in [6.45, 7) is 7.82. The second-order valence-corrected chi connectivity index (χ2v) is 5.50. The van der Waals surface area contributed by atoms with Crippen molar-refractivity contribution in [3.8, 4) is 0 Å². The third-order valence-electron chi connectivity index (χ3n) is 4.31. The van der Waals surface area contributed by atoms with Gasteiger partial charge in [0.25, 0.3) is 0 Å². The van der Waals surface area contributed by atoms with E-state index in [2.05, 4.69) is 18.7 Å². The number of piperidine rings is 1. The van der Waals surface area contributed by atoms with Crippen molar-refractivity contribution in [2.75, 3.05) is 19.7 Å². The lowest BCUT2D eigenvalue weighted by atomic mass is 9.91. The molecule has 2 saturated heterocycles.